The van der Waals surface area contributed by atoms with Gasteiger partial charge in [-0.15, -0.1) is 0 Å². The average molecular weight is 404 g/mol. The summed E-state index contributed by atoms with van der Waals surface area (Å²) >= 11 is 1.22. The number of rotatable bonds is 6. The molecule has 0 radical (unpaired) electrons. The molecular formula is C18H20N4O5S. The fourth-order valence-electron chi connectivity index (χ4n) is 2.68. The van der Waals surface area contributed by atoms with Crippen molar-refractivity contribution in [2.75, 3.05) is 21.3 Å². The summed E-state index contributed by atoms with van der Waals surface area (Å²) in [4.78, 5) is 29.1. The number of nitrogens with zero attached hydrogens (tertiary/aromatic N) is 4. The molecule has 2 heterocycles. The van der Waals surface area contributed by atoms with E-state index in [0.29, 0.717) is 33.1 Å². The Bertz CT molecular complexity index is 1100. The maximum Gasteiger partial charge on any atom is 0.325 e. The highest BCUT2D eigenvalue weighted by atomic mass is 32.1. The molecule has 9 nitrogen and oxygen atoms in total. The third-order valence-electron chi connectivity index (χ3n) is 4.09. The molecule has 3 aromatic rings. The van der Waals surface area contributed by atoms with Crippen molar-refractivity contribution in [3.05, 3.63) is 34.9 Å². The molecule has 0 fully saturated rings. The highest BCUT2D eigenvalue weighted by Crippen LogP contribution is 2.35. The second kappa shape index (κ2) is 8.26. The van der Waals surface area contributed by atoms with Gasteiger partial charge in [0.2, 0.25) is 0 Å². The maximum atomic E-state index is 12.6. The Morgan fingerprint density at radius 3 is 2.46 bits per heavy atom. The van der Waals surface area contributed by atoms with E-state index < -0.39 is 11.9 Å². The Kier molecular flexibility index (Phi) is 5.78. The number of carbonyl (C=O) groups excluding carboxylic acids is 2. The van der Waals surface area contributed by atoms with E-state index in [1.807, 2.05) is 6.92 Å². The first-order valence-electron chi connectivity index (χ1n) is 8.46. The van der Waals surface area contributed by atoms with Crippen molar-refractivity contribution in [1.29, 1.82) is 0 Å². The summed E-state index contributed by atoms with van der Waals surface area (Å²) in [5, 5.41) is 4.18. The third-order valence-corrected chi connectivity index (χ3v) is 5.18. The number of fused-ring (bicyclic) bond motifs is 1. The van der Waals surface area contributed by atoms with E-state index in [4.69, 9.17) is 14.2 Å². The third kappa shape index (κ3) is 3.63. The first kappa shape index (κ1) is 19.6. The van der Waals surface area contributed by atoms with Crippen LogP contribution in [-0.2, 0) is 22.6 Å². The van der Waals surface area contributed by atoms with Crippen LogP contribution in [0.25, 0.3) is 10.2 Å². The Morgan fingerprint density at radius 1 is 1.14 bits per heavy atom. The number of thiazole rings is 1. The zero-order valence-electron chi connectivity index (χ0n) is 16.0. The molecule has 10 heteroatoms. The number of esters is 1. The molecule has 2 aromatic heterocycles. The molecular weight excluding hydrogens is 384 g/mol. The lowest BCUT2D eigenvalue weighted by Crippen LogP contribution is -2.22. The van der Waals surface area contributed by atoms with Crippen molar-refractivity contribution in [2.45, 2.75) is 20.0 Å². The van der Waals surface area contributed by atoms with E-state index in [1.165, 1.54) is 25.6 Å². The second-order valence-electron chi connectivity index (χ2n) is 5.67. The summed E-state index contributed by atoms with van der Waals surface area (Å²) in [6, 6.07) is 5.10. The van der Waals surface area contributed by atoms with Crippen LogP contribution in [-0.4, -0.2) is 47.6 Å². The molecule has 0 aliphatic heterocycles. The van der Waals surface area contributed by atoms with Gasteiger partial charge < -0.3 is 18.8 Å². The van der Waals surface area contributed by atoms with E-state index in [2.05, 4.69) is 10.1 Å². The first-order chi connectivity index (χ1) is 13.5. The van der Waals surface area contributed by atoms with Crippen LogP contribution in [0.15, 0.2) is 29.4 Å². The van der Waals surface area contributed by atoms with Crippen LogP contribution in [0.3, 0.4) is 0 Å². The van der Waals surface area contributed by atoms with Gasteiger partial charge >= 0.3 is 5.97 Å². The monoisotopic (exact) mass is 404 g/mol. The smallest absolute Gasteiger partial charge is 0.325 e. The van der Waals surface area contributed by atoms with Gasteiger partial charge in [-0.05, 0) is 25.1 Å². The van der Waals surface area contributed by atoms with E-state index in [0.717, 1.165) is 0 Å². The average Bonchev–Trinajstić information content (AvgIpc) is 3.32. The molecule has 0 N–H and O–H groups in total. The number of hydrogen-bond acceptors (Lipinski definition) is 7. The topological polar surface area (TPSA) is 96.9 Å². The van der Waals surface area contributed by atoms with Gasteiger partial charge in [0.05, 0.1) is 21.3 Å². The van der Waals surface area contributed by atoms with Crippen LogP contribution in [0, 0.1) is 0 Å². The lowest BCUT2D eigenvalue weighted by atomic mass is 10.3. The number of benzene rings is 1. The van der Waals surface area contributed by atoms with Crippen LogP contribution in [0.2, 0.25) is 0 Å². The van der Waals surface area contributed by atoms with Gasteiger partial charge in [-0.25, -0.2) is 0 Å². The van der Waals surface area contributed by atoms with Crippen molar-refractivity contribution in [3.8, 4) is 11.5 Å². The minimum absolute atomic E-state index is 0.129. The lowest BCUT2D eigenvalue weighted by molar-refractivity contribution is -0.141. The zero-order valence-corrected chi connectivity index (χ0v) is 16.8. The summed E-state index contributed by atoms with van der Waals surface area (Å²) in [6.45, 7) is 2.44. The first-order valence-corrected chi connectivity index (χ1v) is 9.27. The molecule has 0 bridgehead atoms. The standard InChI is InChI=1S/C18H20N4O5S/c1-5-21-9-8-11(20-21)17(24)19-18-22(10-14(23)27-4)15-12(25-2)6-7-13(26-3)16(15)28-18/h6-9H,5,10H2,1-4H3. The minimum atomic E-state index is -0.504. The highest BCUT2D eigenvalue weighted by Gasteiger charge is 2.19. The summed E-state index contributed by atoms with van der Waals surface area (Å²) < 4.78 is 19.6. The molecule has 3 rings (SSSR count). The normalized spacial score (nSPS) is 11.6. The molecule has 148 valence electrons. The molecule has 0 saturated carbocycles. The van der Waals surface area contributed by atoms with Gasteiger partial charge in [0.25, 0.3) is 5.91 Å². The van der Waals surface area contributed by atoms with Crippen molar-refractivity contribution < 1.29 is 23.8 Å². The highest BCUT2D eigenvalue weighted by molar-refractivity contribution is 7.16. The summed E-state index contributed by atoms with van der Waals surface area (Å²) in [6.07, 6.45) is 1.71. The van der Waals surface area contributed by atoms with Gasteiger partial charge in [-0.2, -0.15) is 10.1 Å². The lowest BCUT2D eigenvalue weighted by Gasteiger charge is -2.09. The SMILES string of the molecule is CCn1ccc(C(=O)N=c2sc3c(OC)ccc(OC)c3n2CC(=O)OC)n1. The number of ether oxygens (including phenoxy) is 3. The van der Waals surface area contributed by atoms with Gasteiger partial charge in [0.1, 0.15) is 28.3 Å². The van der Waals surface area contributed by atoms with Crippen molar-refractivity contribution >= 4 is 33.4 Å². The van der Waals surface area contributed by atoms with Crippen molar-refractivity contribution in [1.82, 2.24) is 14.3 Å². The predicted molar refractivity (Wildman–Crippen MR) is 103 cm³/mol. The largest absolute Gasteiger partial charge is 0.495 e. The molecule has 0 unspecified atom stereocenters. The van der Waals surface area contributed by atoms with E-state index in [9.17, 15) is 9.59 Å². The van der Waals surface area contributed by atoms with Gasteiger partial charge in [-0.1, -0.05) is 11.3 Å². The molecule has 0 atom stereocenters. The fourth-order valence-corrected chi connectivity index (χ4v) is 3.81. The van der Waals surface area contributed by atoms with Gasteiger partial charge in [0.15, 0.2) is 10.5 Å². The summed E-state index contributed by atoms with van der Waals surface area (Å²) in [7, 11) is 4.38. The molecule has 0 aliphatic rings. The summed E-state index contributed by atoms with van der Waals surface area (Å²) in [5.41, 5.74) is 0.825. The van der Waals surface area contributed by atoms with Crippen LogP contribution < -0.4 is 14.3 Å². The molecule has 1 aromatic carbocycles. The number of amides is 1. The number of methoxy groups -OCH3 is 3. The second-order valence-corrected chi connectivity index (χ2v) is 6.65. The van der Waals surface area contributed by atoms with Crippen LogP contribution in [0.1, 0.15) is 17.4 Å². The van der Waals surface area contributed by atoms with Crippen molar-refractivity contribution in [2.24, 2.45) is 4.99 Å². The molecule has 0 saturated heterocycles. The molecule has 28 heavy (non-hydrogen) atoms. The van der Waals surface area contributed by atoms with Gasteiger partial charge in [0, 0.05) is 12.7 Å². The Balaban J connectivity index is 2.23. The number of carbonyl (C=O) groups is 2. The quantitative estimate of drug-likeness (QED) is 0.582. The van der Waals surface area contributed by atoms with E-state index >= 15 is 0 Å². The molecule has 0 spiro atoms. The van der Waals surface area contributed by atoms with E-state index in [1.54, 1.807) is 40.8 Å². The summed E-state index contributed by atoms with van der Waals surface area (Å²) in [5.74, 6) is 0.132. The fraction of sp³-hybridized carbons (Fsp3) is 0.333. The predicted octanol–water partition coefficient (Wildman–Crippen LogP) is 1.85. The molecule has 1 amide bonds. The van der Waals surface area contributed by atoms with E-state index in [-0.39, 0.29) is 12.2 Å². The number of aryl methyl sites for hydroxylation is 1. The Morgan fingerprint density at radius 2 is 1.86 bits per heavy atom. The van der Waals surface area contributed by atoms with Crippen LogP contribution in [0.4, 0.5) is 0 Å². The van der Waals surface area contributed by atoms with Crippen LogP contribution in [0.5, 0.6) is 11.5 Å². The van der Waals surface area contributed by atoms with Crippen molar-refractivity contribution in [3.63, 3.8) is 0 Å². The number of aromatic nitrogens is 3. The zero-order chi connectivity index (χ0) is 20.3. The number of hydrogen-bond donors (Lipinski definition) is 0. The molecule has 0 aliphatic carbocycles. The Hall–Kier alpha value is -3.14. The Labute approximate surface area is 164 Å². The maximum absolute atomic E-state index is 12.6. The minimum Gasteiger partial charge on any atom is -0.495 e. The van der Waals surface area contributed by atoms with Crippen LogP contribution >= 0.6 is 11.3 Å². The van der Waals surface area contributed by atoms with Gasteiger partial charge in [-0.3, -0.25) is 14.3 Å².